The normalized spacial score (nSPS) is 26.2. The molecule has 0 bridgehead atoms. The molecule has 0 aromatic rings. The van der Waals surface area contributed by atoms with E-state index < -0.39 is 0 Å². The standard InChI is InChI=1S/C17H32N2O2/c1-13(2)19(15-8-4-5-9-15)17(21)12-18-11-7-6-10-16(18)14(3)20/h13-16,20H,4-12H2,1-3H3. The van der Waals surface area contributed by atoms with Crippen molar-refractivity contribution in [2.45, 2.75) is 89.9 Å². The van der Waals surface area contributed by atoms with Crippen LogP contribution in [0.15, 0.2) is 0 Å². The molecule has 1 amide bonds. The highest BCUT2D eigenvalue weighted by Crippen LogP contribution is 2.26. The molecule has 1 saturated carbocycles. The molecule has 0 aromatic heterocycles. The number of hydrogen-bond acceptors (Lipinski definition) is 3. The summed E-state index contributed by atoms with van der Waals surface area (Å²) < 4.78 is 0. The Balaban J connectivity index is 1.99. The monoisotopic (exact) mass is 296 g/mol. The molecule has 0 radical (unpaired) electrons. The Kier molecular flexibility index (Phi) is 6.06. The molecule has 2 fully saturated rings. The summed E-state index contributed by atoms with van der Waals surface area (Å²) in [6, 6.07) is 0.864. The van der Waals surface area contributed by atoms with Crippen LogP contribution in [0.5, 0.6) is 0 Å². The fraction of sp³-hybridized carbons (Fsp3) is 0.941. The molecule has 1 aliphatic carbocycles. The number of likely N-dealkylation sites (tertiary alicyclic amines) is 1. The van der Waals surface area contributed by atoms with E-state index in [4.69, 9.17) is 0 Å². The third-order valence-corrected chi connectivity index (χ3v) is 5.12. The zero-order valence-electron chi connectivity index (χ0n) is 13.9. The zero-order chi connectivity index (χ0) is 15.4. The quantitative estimate of drug-likeness (QED) is 0.847. The fourth-order valence-corrected chi connectivity index (χ4v) is 4.11. The van der Waals surface area contributed by atoms with Gasteiger partial charge in [0.15, 0.2) is 0 Å². The molecule has 2 atom stereocenters. The second-order valence-corrected chi connectivity index (χ2v) is 7.11. The molecular weight excluding hydrogens is 264 g/mol. The Morgan fingerprint density at radius 3 is 2.33 bits per heavy atom. The van der Waals surface area contributed by atoms with E-state index in [2.05, 4.69) is 23.6 Å². The molecule has 1 N–H and O–H groups in total. The molecule has 0 spiro atoms. The lowest BCUT2D eigenvalue weighted by molar-refractivity contribution is -0.138. The topological polar surface area (TPSA) is 43.8 Å². The van der Waals surface area contributed by atoms with Gasteiger partial charge < -0.3 is 10.0 Å². The number of carbonyl (C=O) groups excluding carboxylic acids is 1. The molecule has 2 unspecified atom stereocenters. The van der Waals surface area contributed by atoms with Crippen molar-refractivity contribution in [3.05, 3.63) is 0 Å². The minimum atomic E-state index is -0.350. The molecule has 0 aromatic carbocycles. The summed E-state index contributed by atoms with van der Waals surface area (Å²) in [6.07, 6.45) is 7.78. The van der Waals surface area contributed by atoms with E-state index >= 15 is 0 Å². The molecule has 1 aliphatic heterocycles. The van der Waals surface area contributed by atoms with Gasteiger partial charge in [0.2, 0.25) is 5.91 Å². The molecule has 122 valence electrons. The van der Waals surface area contributed by atoms with E-state index in [-0.39, 0.29) is 24.1 Å². The lowest BCUT2D eigenvalue weighted by Gasteiger charge is -2.40. The van der Waals surface area contributed by atoms with E-state index in [0.717, 1.165) is 38.6 Å². The van der Waals surface area contributed by atoms with Crippen molar-refractivity contribution in [3.8, 4) is 0 Å². The van der Waals surface area contributed by atoms with Crippen LogP contribution >= 0.6 is 0 Å². The highest BCUT2D eigenvalue weighted by Gasteiger charge is 2.33. The third-order valence-electron chi connectivity index (χ3n) is 5.12. The first-order valence-corrected chi connectivity index (χ1v) is 8.74. The summed E-state index contributed by atoms with van der Waals surface area (Å²) in [5.74, 6) is 0.254. The maximum atomic E-state index is 12.8. The van der Waals surface area contributed by atoms with Crippen LogP contribution in [0.4, 0.5) is 0 Å². The van der Waals surface area contributed by atoms with Crippen molar-refractivity contribution in [1.29, 1.82) is 0 Å². The fourth-order valence-electron chi connectivity index (χ4n) is 4.11. The number of carbonyl (C=O) groups is 1. The van der Waals surface area contributed by atoms with Gasteiger partial charge in [0.1, 0.15) is 0 Å². The molecule has 2 aliphatic rings. The maximum Gasteiger partial charge on any atom is 0.237 e. The van der Waals surface area contributed by atoms with Crippen LogP contribution in [0.2, 0.25) is 0 Å². The summed E-state index contributed by atoms with van der Waals surface area (Å²) in [4.78, 5) is 17.1. The maximum absolute atomic E-state index is 12.8. The van der Waals surface area contributed by atoms with Gasteiger partial charge in [-0.15, -0.1) is 0 Å². The third kappa shape index (κ3) is 4.19. The molecular formula is C17H32N2O2. The number of piperidine rings is 1. The number of aliphatic hydroxyl groups is 1. The molecule has 4 heteroatoms. The first kappa shape index (κ1) is 16.8. The predicted molar refractivity (Wildman–Crippen MR) is 85.1 cm³/mol. The number of nitrogens with zero attached hydrogens (tertiary/aromatic N) is 2. The lowest BCUT2D eigenvalue weighted by atomic mass is 9.98. The highest BCUT2D eigenvalue weighted by atomic mass is 16.3. The van der Waals surface area contributed by atoms with E-state index in [0.29, 0.717) is 12.6 Å². The van der Waals surface area contributed by atoms with E-state index in [1.807, 2.05) is 6.92 Å². The van der Waals surface area contributed by atoms with Gasteiger partial charge >= 0.3 is 0 Å². The second-order valence-electron chi connectivity index (χ2n) is 7.11. The van der Waals surface area contributed by atoms with Crippen LogP contribution in [0.25, 0.3) is 0 Å². The molecule has 2 rings (SSSR count). The van der Waals surface area contributed by atoms with Crippen molar-refractivity contribution in [2.24, 2.45) is 0 Å². The van der Waals surface area contributed by atoms with Crippen molar-refractivity contribution in [1.82, 2.24) is 9.80 Å². The van der Waals surface area contributed by atoms with E-state index in [1.165, 1.54) is 12.8 Å². The molecule has 1 saturated heterocycles. The Hall–Kier alpha value is -0.610. The first-order valence-electron chi connectivity index (χ1n) is 8.74. The Morgan fingerprint density at radius 1 is 1.14 bits per heavy atom. The van der Waals surface area contributed by atoms with Crippen LogP contribution in [0.3, 0.4) is 0 Å². The number of aliphatic hydroxyl groups excluding tert-OH is 1. The summed E-state index contributed by atoms with van der Waals surface area (Å²) in [5, 5.41) is 9.95. The van der Waals surface area contributed by atoms with Crippen LogP contribution in [-0.4, -0.2) is 58.1 Å². The Labute approximate surface area is 129 Å². The number of hydrogen-bond donors (Lipinski definition) is 1. The summed E-state index contributed by atoms with van der Waals surface area (Å²) in [7, 11) is 0. The summed E-state index contributed by atoms with van der Waals surface area (Å²) >= 11 is 0. The second kappa shape index (κ2) is 7.59. The lowest BCUT2D eigenvalue weighted by Crippen LogP contribution is -2.53. The molecule has 4 nitrogen and oxygen atoms in total. The van der Waals surface area contributed by atoms with Crippen molar-refractivity contribution in [3.63, 3.8) is 0 Å². The van der Waals surface area contributed by atoms with Crippen LogP contribution in [-0.2, 0) is 4.79 Å². The van der Waals surface area contributed by atoms with Crippen molar-refractivity contribution >= 4 is 5.91 Å². The highest BCUT2D eigenvalue weighted by molar-refractivity contribution is 5.79. The largest absolute Gasteiger partial charge is 0.392 e. The predicted octanol–water partition coefficient (Wildman–Crippen LogP) is 2.40. The average molecular weight is 296 g/mol. The number of amides is 1. The Morgan fingerprint density at radius 2 is 1.76 bits per heavy atom. The van der Waals surface area contributed by atoms with Gasteiger partial charge in [-0.3, -0.25) is 9.69 Å². The SMILES string of the molecule is CC(O)C1CCCCN1CC(=O)N(C(C)C)C1CCCC1. The van der Waals surface area contributed by atoms with Gasteiger partial charge in [-0.2, -0.15) is 0 Å². The van der Waals surface area contributed by atoms with Crippen molar-refractivity contribution < 1.29 is 9.90 Å². The smallest absolute Gasteiger partial charge is 0.237 e. The Bertz CT molecular complexity index is 338. The summed E-state index contributed by atoms with van der Waals surface area (Å²) in [5.41, 5.74) is 0. The van der Waals surface area contributed by atoms with Gasteiger partial charge in [-0.05, 0) is 53.0 Å². The van der Waals surface area contributed by atoms with Crippen LogP contribution in [0.1, 0.15) is 65.7 Å². The van der Waals surface area contributed by atoms with Crippen LogP contribution in [0, 0.1) is 0 Å². The van der Waals surface area contributed by atoms with Crippen molar-refractivity contribution in [2.75, 3.05) is 13.1 Å². The van der Waals surface area contributed by atoms with Gasteiger partial charge in [0, 0.05) is 18.1 Å². The van der Waals surface area contributed by atoms with Crippen LogP contribution < -0.4 is 0 Å². The van der Waals surface area contributed by atoms with Gasteiger partial charge in [-0.25, -0.2) is 0 Å². The molecule has 21 heavy (non-hydrogen) atoms. The van der Waals surface area contributed by atoms with E-state index in [1.54, 1.807) is 0 Å². The average Bonchev–Trinajstić information content (AvgIpc) is 2.92. The van der Waals surface area contributed by atoms with Gasteiger partial charge in [0.25, 0.3) is 0 Å². The zero-order valence-corrected chi connectivity index (χ0v) is 13.9. The van der Waals surface area contributed by atoms with Gasteiger partial charge in [0.05, 0.1) is 12.6 Å². The first-order chi connectivity index (χ1) is 10.0. The number of rotatable bonds is 5. The summed E-state index contributed by atoms with van der Waals surface area (Å²) in [6.45, 7) is 7.52. The minimum absolute atomic E-state index is 0.153. The van der Waals surface area contributed by atoms with Gasteiger partial charge in [-0.1, -0.05) is 19.3 Å². The minimum Gasteiger partial charge on any atom is -0.392 e. The molecule has 1 heterocycles. The van der Waals surface area contributed by atoms with E-state index in [9.17, 15) is 9.90 Å².